The fourth-order valence-electron chi connectivity index (χ4n) is 2.97. The lowest BCUT2D eigenvalue weighted by Gasteiger charge is -2.28. The Bertz CT molecular complexity index is 515. The second-order valence-electron chi connectivity index (χ2n) is 6.01. The van der Waals surface area contributed by atoms with Gasteiger partial charge in [-0.3, -0.25) is 0 Å². The summed E-state index contributed by atoms with van der Waals surface area (Å²) in [4.78, 5) is 0. The summed E-state index contributed by atoms with van der Waals surface area (Å²) >= 11 is 0. The molecule has 5 atom stereocenters. The van der Waals surface area contributed by atoms with Gasteiger partial charge in [-0.25, -0.2) is 0 Å². The van der Waals surface area contributed by atoms with Crippen LogP contribution in [0.2, 0.25) is 0 Å². The number of aliphatic hydroxyl groups excluding tert-OH is 1. The Labute approximate surface area is 130 Å². The van der Waals surface area contributed by atoms with Gasteiger partial charge in [0.25, 0.3) is 0 Å². The molecule has 0 radical (unpaired) electrons. The highest BCUT2D eigenvalue weighted by molar-refractivity contribution is 5.20. The van der Waals surface area contributed by atoms with E-state index >= 15 is 0 Å². The minimum absolute atomic E-state index is 0.360. The third kappa shape index (κ3) is 2.95. The molecule has 2 aliphatic heterocycles. The molecule has 0 saturated carbocycles. The van der Waals surface area contributed by atoms with E-state index in [-0.39, 0.29) is 6.10 Å². The molecule has 5 nitrogen and oxygen atoms in total. The maximum absolute atomic E-state index is 10.6. The molecule has 1 aromatic rings. The monoisotopic (exact) mass is 306 g/mol. The lowest BCUT2D eigenvalue weighted by molar-refractivity contribution is -0.229. The van der Waals surface area contributed by atoms with Gasteiger partial charge in [0.2, 0.25) is 0 Å². The first kappa shape index (κ1) is 15.6. The fraction of sp³-hybridized carbons (Fsp3) is 0.529. The van der Waals surface area contributed by atoms with Crippen LogP contribution in [0.5, 0.6) is 0 Å². The van der Waals surface area contributed by atoms with Crippen molar-refractivity contribution in [1.82, 2.24) is 0 Å². The van der Waals surface area contributed by atoms with E-state index in [4.69, 9.17) is 18.9 Å². The SMILES string of the molecule is C=CCO[C@@H]1[C@H]2OC(C)(C)O[C@H]2O[C@@H]1[C@H](O)c1ccccc1. The van der Waals surface area contributed by atoms with E-state index in [1.807, 2.05) is 44.2 Å². The molecule has 0 aliphatic carbocycles. The molecule has 2 heterocycles. The number of aliphatic hydroxyl groups is 1. The molecule has 0 bridgehead atoms. The van der Waals surface area contributed by atoms with Crippen LogP contribution in [0, 0.1) is 0 Å². The van der Waals surface area contributed by atoms with Gasteiger partial charge < -0.3 is 24.1 Å². The van der Waals surface area contributed by atoms with E-state index in [0.29, 0.717) is 6.61 Å². The number of fused-ring (bicyclic) bond motifs is 1. The van der Waals surface area contributed by atoms with Crippen molar-refractivity contribution < 1.29 is 24.1 Å². The second kappa shape index (κ2) is 6.10. The summed E-state index contributed by atoms with van der Waals surface area (Å²) in [5.41, 5.74) is 0.777. The number of hydrogen-bond acceptors (Lipinski definition) is 5. The number of ether oxygens (including phenoxy) is 4. The molecule has 2 aliphatic rings. The van der Waals surface area contributed by atoms with Crippen LogP contribution < -0.4 is 0 Å². The molecule has 1 aromatic carbocycles. The van der Waals surface area contributed by atoms with Crippen molar-refractivity contribution in [3.05, 3.63) is 48.6 Å². The third-order valence-corrected chi connectivity index (χ3v) is 3.89. The van der Waals surface area contributed by atoms with Gasteiger partial charge in [-0.2, -0.15) is 0 Å². The van der Waals surface area contributed by atoms with E-state index in [1.54, 1.807) is 6.08 Å². The van der Waals surface area contributed by atoms with E-state index in [1.165, 1.54) is 0 Å². The zero-order valence-electron chi connectivity index (χ0n) is 12.8. The van der Waals surface area contributed by atoms with Crippen molar-refractivity contribution in [2.75, 3.05) is 6.61 Å². The molecule has 3 rings (SSSR count). The van der Waals surface area contributed by atoms with Crippen LogP contribution in [0.1, 0.15) is 25.5 Å². The van der Waals surface area contributed by atoms with Gasteiger partial charge in [0.1, 0.15) is 24.4 Å². The lowest BCUT2D eigenvalue weighted by Crippen LogP contribution is -2.39. The summed E-state index contributed by atoms with van der Waals surface area (Å²) in [5.74, 6) is -0.714. The smallest absolute Gasteiger partial charge is 0.190 e. The van der Waals surface area contributed by atoms with Gasteiger partial charge in [-0.1, -0.05) is 36.4 Å². The molecule has 2 saturated heterocycles. The van der Waals surface area contributed by atoms with Gasteiger partial charge in [0, 0.05) is 0 Å². The van der Waals surface area contributed by atoms with E-state index in [2.05, 4.69) is 6.58 Å². The average molecular weight is 306 g/mol. The molecule has 2 fully saturated rings. The average Bonchev–Trinajstić information content (AvgIpc) is 2.97. The zero-order valence-corrected chi connectivity index (χ0v) is 12.8. The van der Waals surface area contributed by atoms with Crippen molar-refractivity contribution in [3.8, 4) is 0 Å². The first-order valence-electron chi connectivity index (χ1n) is 7.48. The van der Waals surface area contributed by atoms with Crippen LogP contribution in [0.15, 0.2) is 43.0 Å². The zero-order chi connectivity index (χ0) is 15.7. The largest absolute Gasteiger partial charge is 0.386 e. The molecule has 0 amide bonds. The standard InChI is InChI=1S/C17H22O5/c1-4-10-19-14-13(12(18)11-8-6-5-7-9-11)20-16-15(14)21-17(2,3)22-16/h4-9,12-16,18H,1,10H2,2-3H3/t12-,13-,14+,15-,16-/m1/s1. The van der Waals surface area contributed by atoms with Crippen molar-refractivity contribution in [3.63, 3.8) is 0 Å². The number of hydrogen-bond donors (Lipinski definition) is 1. The van der Waals surface area contributed by atoms with Gasteiger partial charge in [0.05, 0.1) is 6.61 Å². The van der Waals surface area contributed by atoms with Crippen LogP contribution in [0.25, 0.3) is 0 Å². The third-order valence-electron chi connectivity index (χ3n) is 3.89. The van der Waals surface area contributed by atoms with Gasteiger partial charge >= 0.3 is 0 Å². The topological polar surface area (TPSA) is 57.2 Å². The fourth-order valence-corrected chi connectivity index (χ4v) is 2.97. The van der Waals surface area contributed by atoms with Crippen molar-refractivity contribution >= 4 is 0 Å². The minimum Gasteiger partial charge on any atom is -0.386 e. The molecule has 0 spiro atoms. The molecule has 120 valence electrons. The Morgan fingerprint density at radius 1 is 1.32 bits per heavy atom. The Hall–Kier alpha value is -1.24. The molecule has 0 aromatic heterocycles. The quantitative estimate of drug-likeness (QED) is 0.845. The second-order valence-corrected chi connectivity index (χ2v) is 6.01. The molecule has 22 heavy (non-hydrogen) atoms. The Morgan fingerprint density at radius 2 is 2.05 bits per heavy atom. The normalized spacial score (nSPS) is 34.3. The maximum Gasteiger partial charge on any atom is 0.190 e. The number of rotatable bonds is 5. The maximum atomic E-state index is 10.6. The first-order valence-corrected chi connectivity index (χ1v) is 7.48. The summed E-state index contributed by atoms with van der Waals surface area (Å²) in [6.45, 7) is 7.69. The highest BCUT2D eigenvalue weighted by Gasteiger charge is 2.57. The Morgan fingerprint density at radius 3 is 2.73 bits per heavy atom. The van der Waals surface area contributed by atoms with Crippen LogP contribution in [0.4, 0.5) is 0 Å². The number of benzene rings is 1. The lowest BCUT2D eigenvalue weighted by atomic mass is 9.99. The summed E-state index contributed by atoms with van der Waals surface area (Å²) < 4.78 is 23.3. The van der Waals surface area contributed by atoms with Crippen molar-refractivity contribution in [1.29, 1.82) is 0 Å². The Balaban J connectivity index is 1.80. The summed E-state index contributed by atoms with van der Waals surface area (Å²) in [7, 11) is 0. The minimum atomic E-state index is -0.808. The van der Waals surface area contributed by atoms with Crippen LogP contribution in [0.3, 0.4) is 0 Å². The van der Waals surface area contributed by atoms with Crippen LogP contribution in [-0.4, -0.2) is 42.1 Å². The summed E-state index contributed by atoms with van der Waals surface area (Å²) in [5, 5.41) is 10.6. The highest BCUT2D eigenvalue weighted by atomic mass is 16.8. The van der Waals surface area contributed by atoms with Crippen LogP contribution >= 0.6 is 0 Å². The first-order chi connectivity index (χ1) is 10.5. The predicted octanol–water partition coefficient (Wildman–Crippen LogP) is 2.17. The van der Waals surface area contributed by atoms with Gasteiger partial charge in [-0.15, -0.1) is 6.58 Å². The summed E-state index contributed by atoms with van der Waals surface area (Å²) in [6.07, 6.45) is -1.00. The van der Waals surface area contributed by atoms with Gasteiger partial charge in [0.15, 0.2) is 12.1 Å². The van der Waals surface area contributed by atoms with E-state index in [9.17, 15) is 5.11 Å². The molecular weight excluding hydrogens is 284 g/mol. The van der Waals surface area contributed by atoms with E-state index in [0.717, 1.165) is 5.56 Å². The van der Waals surface area contributed by atoms with E-state index < -0.39 is 30.4 Å². The summed E-state index contributed by atoms with van der Waals surface area (Å²) in [6, 6.07) is 9.38. The predicted molar refractivity (Wildman–Crippen MR) is 80.0 cm³/mol. The molecule has 5 heteroatoms. The molecule has 1 N–H and O–H groups in total. The molecular formula is C17H22O5. The van der Waals surface area contributed by atoms with Crippen molar-refractivity contribution in [2.45, 2.75) is 50.3 Å². The van der Waals surface area contributed by atoms with Crippen LogP contribution in [-0.2, 0) is 18.9 Å². The van der Waals surface area contributed by atoms with Gasteiger partial charge in [-0.05, 0) is 19.4 Å². The Kier molecular flexibility index (Phi) is 4.34. The molecule has 0 unspecified atom stereocenters. The van der Waals surface area contributed by atoms with Crippen molar-refractivity contribution in [2.24, 2.45) is 0 Å². The highest BCUT2D eigenvalue weighted by Crippen LogP contribution is 2.42.